The second-order valence-electron chi connectivity index (χ2n) is 6.42. The van der Waals surface area contributed by atoms with E-state index in [0.29, 0.717) is 0 Å². The Hall–Kier alpha value is -2.05. The molecule has 4 nitrogen and oxygen atoms in total. The molecule has 0 saturated carbocycles. The summed E-state index contributed by atoms with van der Waals surface area (Å²) in [4.78, 5) is 23.5. The van der Waals surface area contributed by atoms with Crippen molar-refractivity contribution in [1.82, 2.24) is 5.32 Å². The van der Waals surface area contributed by atoms with Gasteiger partial charge in [0.15, 0.2) is 0 Å². The number of esters is 1. The number of hydrogen-bond donors (Lipinski definition) is 1. The number of carbonyl (C=O) groups is 2. The minimum Gasteiger partial charge on any atom is -0.464 e. The molecule has 0 fully saturated rings. The Balaban J connectivity index is 2.23. The first-order valence-electron chi connectivity index (χ1n) is 9.46. The molecule has 0 saturated heterocycles. The Morgan fingerprint density at radius 1 is 0.963 bits per heavy atom. The molecule has 0 heterocycles. The van der Waals surface area contributed by atoms with E-state index in [0.717, 1.165) is 31.4 Å². The number of hydrogen-bond acceptors (Lipinski definition) is 3. The second kappa shape index (κ2) is 12.4. The average Bonchev–Trinajstić information content (AvgIpc) is 2.64. The Morgan fingerprint density at radius 2 is 1.56 bits per heavy atom. The maximum absolute atomic E-state index is 12.9. The molecule has 0 atom stereocenters. The lowest BCUT2D eigenvalue weighted by molar-refractivity contribution is -0.142. The van der Waals surface area contributed by atoms with Gasteiger partial charge in [-0.25, -0.2) is 0 Å². The largest absolute Gasteiger partial charge is 0.464 e. The molecule has 0 aliphatic heterocycles. The fourth-order valence-electron chi connectivity index (χ4n) is 2.65. The third kappa shape index (κ3) is 9.45. The smallest absolute Gasteiger partial charge is 0.417 e. The molecule has 0 aromatic heterocycles. The molecular formula is C20H28F3NO3. The van der Waals surface area contributed by atoms with Crippen molar-refractivity contribution in [2.24, 2.45) is 0 Å². The van der Waals surface area contributed by atoms with Crippen LogP contribution in [-0.2, 0) is 15.7 Å². The van der Waals surface area contributed by atoms with E-state index in [1.807, 2.05) is 0 Å². The van der Waals surface area contributed by atoms with Crippen molar-refractivity contribution in [2.45, 2.75) is 64.5 Å². The lowest BCUT2D eigenvalue weighted by Crippen LogP contribution is -2.32. The first-order chi connectivity index (χ1) is 12.9. The van der Waals surface area contributed by atoms with Crippen molar-refractivity contribution in [2.75, 3.05) is 13.2 Å². The standard InChI is InChI=1S/C20H28F3NO3/c1-2-3-4-5-6-7-8-11-14-27-18(25)15-24-19(26)16-12-9-10-13-17(16)20(21,22)23/h9-10,12-13H,2-8,11,14-15H2,1H3,(H,24,26). The van der Waals surface area contributed by atoms with Gasteiger partial charge in [0.2, 0.25) is 0 Å². The molecule has 1 N–H and O–H groups in total. The van der Waals surface area contributed by atoms with Crippen LogP contribution in [0.1, 0.15) is 74.2 Å². The van der Waals surface area contributed by atoms with Crippen molar-refractivity contribution < 1.29 is 27.5 Å². The number of alkyl halides is 3. The lowest BCUT2D eigenvalue weighted by atomic mass is 10.1. The Kier molecular flexibility index (Phi) is 10.5. The van der Waals surface area contributed by atoms with Crippen LogP contribution in [0.15, 0.2) is 24.3 Å². The molecule has 1 aromatic rings. The summed E-state index contributed by atoms with van der Waals surface area (Å²) in [6.07, 6.45) is 4.28. The van der Waals surface area contributed by atoms with Gasteiger partial charge < -0.3 is 10.1 Å². The zero-order valence-electron chi connectivity index (χ0n) is 15.7. The Morgan fingerprint density at radius 3 is 2.19 bits per heavy atom. The highest BCUT2D eigenvalue weighted by Crippen LogP contribution is 2.31. The molecule has 0 aliphatic rings. The van der Waals surface area contributed by atoms with Crippen molar-refractivity contribution in [3.63, 3.8) is 0 Å². The van der Waals surface area contributed by atoms with Crippen LogP contribution >= 0.6 is 0 Å². The van der Waals surface area contributed by atoms with Gasteiger partial charge in [-0.05, 0) is 18.6 Å². The number of nitrogens with one attached hydrogen (secondary N) is 1. The van der Waals surface area contributed by atoms with E-state index in [1.54, 1.807) is 0 Å². The molecule has 0 spiro atoms. The van der Waals surface area contributed by atoms with Gasteiger partial charge in [0.1, 0.15) is 6.54 Å². The number of amides is 1. The van der Waals surface area contributed by atoms with Gasteiger partial charge in [-0.3, -0.25) is 9.59 Å². The van der Waals surface area contributed by atoms with E-state index in [9.17, 15) is 22.8 Å². The summed E-state index contributed by atoms with van der Waals surface area (Å²) >= 11 is 0. The first-order valence-corrected chi connectivity index (χ1v) is 9.46. The van der Waals surface area contributed by atoms with Crippen LogP contribution in [0.4, 0.5) is 13.2 Å². The molecule has 0 unspecified atom stereocenters. The summed E-state index contributed by atoms with van der Waals surface area (Å²) in [5, 5.41) is 2.18. The summed E-state index contributed by atoms with van der Waals surface area (Å²) in [5.74, 6) is -1.61. The zero-order chi connectivity index (χ0) is 20.1. The van der Waals surface area contributed by atoms with E-state index < -0.39 is 35.7 Å². The number of rotatable bonds is 12. The van der Waals surface area contributed by atoms with Crippen LogP contribution in [0.2, 0.25) is 0 Å². The van der Waals surface area contributed by atoms with E-state index in [-0.39, 0.29) is 6.61 Å². The average molecular weight is 387 g/mol. The van der Waals surface area contributed by atoms with Gasteiger partial charge in [0, 0.05) is 0 Å². The molecule has 1 amide bonds. The van der Waals surface area contributed by atoms with Crippen molar-refractivity contribution in [3.8, 4) is 0 Å². The van der Waals surface area contributed by atoms with Crippen LogP contribution < -0.4 is 5.32 Å². The van der Waals surface area contributed by atoms with E-state index in [4.69, 9.17) is 4.74 Å². The fraction of sp³-hybridized carbons (Fsp3) is 0.600. The molecule has 0 radical (unpaired) electrons. The van der Waals surface area contributed by atoms with Crippen LogP contribution in [0, 0.1) is 0 Å². The lowest BCUT2D eigenvalue weighted by Gasteiger charge is -2.12. The van der Waals surface area contributed by atoms with Gasteiger partial charge in [-0.2, -0.15) is 13.2 Å². The summed E-state index contributed by atoms with van der Waals surface area (Å²) in [6, 6.07) is 4.45. The van der Waals surface area contributed by atoms with Crippen LogP contribution in [-0.4, -0.2) is 25.0 Å². The molecule has 1 rings (SSSR count). The maximum Gasteiger partial charge on any atom is 0.417 e. The molecule has 7 heteroatoms. The van der Waals surface area contributed by atoms with Crippen LogP contribution in [0.3, 0.4) is 0 Å². The van der Waals surface area contributed by atoms with Gasteiger partial charge in [0.05, 0.1) is 17.7 Å². The summed E-state index contributed by atoms with van der Waals surface area (Å²) in [6.45, 7) is 1.97. The Bertz CT molecular complexity index is 588. The fourth-order valence-corrected chi connectivity index (χ4v) is 2.65. The first kappa shape index (κ1) is 23.0. The van der Waals surface area contributed by atoms with Gasteiger partial charge in [-0.1, -0.05) is 64.0 Å². The predicted octanol–water partition coefficient (Wildman–Crippen LogP) is 5.12. The normalized spacial score (nSPS) is 11.3. The highest BCUT2D eigenvalue weighted by atomic mass is 19.4. The highest BCUT2D eigenvalue weighted by molar-refractivity contribution is 5.97. The predicted molar refractivity (Wildman–Crippen MR) is 97.3 cm³/mol. The zero-order valence-corrected chi connectivity index (χ0v) is 15.7. The van der Waals surface area contributed by atoms with Crippen molar-refractivity contribution in [3.05, 3.63) is 35.4 Å². The van der Waals surface area contributed by atoms with Gasteiger partial charge in [-0.15, -0.1) is 0 Å². The van der Waals surface area contributed by atoms with E-state index in [1.165, 1.54) is 44.2 Å². The van der Waals surface area contributed by atoms with Crippen molar-refractivity contribution in [1.29, 1.82) is 0 Å². The topological polar surface area (TPSA) is 55.4 Å². The number of ether oxygens (including phenoxy) is 1. The van der Waals surface area contributed by atoms with E-state index in [2.05, 4.69) is 12.2 Å². The summed E-state index contributed by atoms with van der Waals surface area (Å²) in [5.41, 5.74) is -1.55. The van der Waals surface area contributed by atoms with Crippen LogP contribution in [0.25, 0.3) is 0 Å². The SMILES string of the molecule is CCCCCCCCCCOC(=O)CNC(=O)c1ccccc1C(F)(F)F. The molecule has 0 aliphatic carbocycles. The molecule has 0 bridgehead atoms. The second-order valence-corrected chi connectivity index (χ2v) is 6.42. The third-order valence-corrected chi connectivity index (χ3v) is 4.13. The summed E-state index contributed by atoms with van der Waals surface area (Å²) in [7, 11) is 0. The maximum atomic E-state index is 12.9. The minimum atomic E-state index is -4.63. The monoisotopic (exact) mass is 387 g/mol. The molecule has 152 valence electrons. The van der Waals surface area contributed by atoms with Crippen molar-refractivity contribution >= 4 is 11.9 Å². The van der Waals surface area contributed by atoms with Crippen LogP contribution in [0.5, 0.6) is 0 Å². The number of unbranched alkanes of at least 4 members (excludes halogenated alkanes) is 7. The molecule has 27 heavy (non-hydrogen) atoms. The Labute approximate surface area is 158 Å². The quantitative estimate of drug-likeness (QED) is 0.400. The van der Waals surface area contributed by atoms with Gasteiger partial charge in [0.25, 0.3) is 5.91 Å². The minimum absolute atomic E-state index is 0.253. The number of benzene rings is 1. The number of halogens is 3. The van der Waals surface area contributed by atoms with Gasteiger partial charge >= 0.3 is 12.1 Å². The highest BCUT2D eigenvalue weighted by Gasteiger charge is 2.34. The summed E-state index contributed by atoms with van der Waals surface area (Å²) < 4.78 is 43.7. The molecular weight excluding hydrogens is 359 g/mol. The number of carbonyl (C=O) groups excluding carboxylic acids is 2. The molecule has 1 aromatic carbocycles. The van der Waals surface area contributed by atoms with E-state index >= 15 is 0 Å². The third-order valence-electron chi connectivity index (χ3n) is 4.13.